The smallest absolute Gasteiger partial charge is 0.00262 e. The van der Waals surface area contributed by atoms with E-state index in [9.17, 15) is 0 Å². The van der Waals surface area contributed by atoms with E-state index in [1.165, 1.54) is 109 Å². The minimum Gasteiger partial charge on any atom is -0.0622 e. The summed E-state index contributed by atoms with van der Waals surface area (Å²) >= 11 is 0. The summed E-state index contributed by atoms with van der Waals surface area (Å²) < 4.78 is 0. The van der Waals surface area contributed by atoms with Crippen LogP contribution in [-0.2, 0) is 0 Å². The zero-order valence-corrected chi connectivity index (χ0v) is 30.8. The Hall–Kier alpha value is -7.28. The zero-order chi connectivity index (χ0) is 37.0. The highest BCUT2D eigenvalue weighted by Crippen LogP contribution is 2.45. The highest BCUT2D eigenvalue weighted by molar-refractivity contribution is 6.21. The maximum absolute atomic E-state index is 2.38. The molecule has 0 fully saturated rings. The quantitative estimate of drug-likeness (QED) is 0.156. The molecule has 0 unspecified atom stereocenters. The van der Waals surface area contributed by atoms with Gasteiger partial charge in [-0.05, 0) is 140 Å². The summed E-state index contributed by atoms with van der Waals surface area (Å²) in [5.74, 6) is 0. The summed E-state index contributed by atoms with van der Waals surface area (Å²) in [6, 6.07) is 80.4. The van der Waals surface area contributed by atoms with Gasteiger partial charge in [0, 0.05) is 0 Å². The summed E-state index contributed by atoms with van der Waals surface area (Å²) in [5.41, 5.74) is 12.4. The molecule has 0 aliphatic carbocycles. The summed E-state index contributed by atoms with van der Waals surface area (Å²) in [6.07, 6.45) is 0. The van der Waals surface area contributed by atoms with E-state index >= 15 is 0 Å². The van der Waals surface area contributed by atoms with E-state index in [0.717, 1.165) is 0 Å². The maximum Gasteiger partial charge on any atom is -0.00262 e. The normalized spacial score (nSPS) is 11.6. The van der Waals surface area contributed by atoms with Crippen molar-refractivity contribution in [1.82, 2.24) is 0 Å². The third-order valence-corrected chi connectivity index (χ3v) is 11.6. The Balaban J connectivity index is 1.08. The molecule has 0 spiro atoms. The number of benzene rings is 11. The minimum atomic E-state index is 1.21. The fourth-order valence-electron chi connectivity index (χ4n) is 9.00. The van der Waals surface area contributed by atoms with E-state index < -0.39 is 0 Å². The van der Waals surface area contributed by atoms with E-state index in [-0.39, 0.29) is 0 Å². The summed E-state index contributed by atoms with van der Waals surface area (Å²) in [5, 5.41) is 12.6. The molecule has 0 bridgehead atoms. The fourth-order valence-corrected chi connectivity index (χ4v) is 9.00. The van der Waals surface area contributed by atoms with Crippen molar-refractivity contribution in [2.24, 2.45) is 0 Å². The molecular formula is C56H36. The lowest BCUT2D eigenvalue weighted by atomic mass is 9.85. The zero-order valence-electron chi connectivity index (χ0n) is 30.8. The summed E-state index contributed by atoms with van der Waals surface area (Å²) in [6.45, 7) is 0. The fraction of sp³-hybridized carbons (Fsp3) is 0. The van der Waals surface area contributed by atoms with E-state index in [0.29, 0.717) is 0 Å². The van der Waals surface area contributed by atoms with E-state index in [2.05, 4.69) is 218 Å². The SMILES string of the molecule is c1ccc(-c2c3ccccc3c(-c3ccc4cc(-c5cc(-c6cccc7ccccc67)cc(-c6cccc7ccccc67)c5)ccc4c3)c3ccccc23)cc1. The van der Waals surface area contributed by atoms with Gasteiger partial charge in [0.1, 0.15) is 0 Å². The molecule has 0 atom stereocenters. The average Bonchev–Trinajstić information content (AvgIpc) is 3.27. The highest BCUT2D eigenvalue weighted by Gasteiger charge is 2.17. The number of fused-ring (bicyclic) bond motifs is 5. The topological polar surface area (TPSA) is 0 Å². The van der Waals surface area contributed by atoms with Crippen molar-refractivity contribution in [1.29, 1.82) is 0 Å². The molecule has 11 rings (SSSR count). The Labute approximate surface area is 326 Å². The van der Waals surface area contributed by atoms with Gasteiger partial charge in [0.05, 0.1) is 0 Å². The molecule has 0 N–H and O–H groups in total. The lowest BCUT2D eigenvalue weighted by molar-refractivity contribution is 1.60. The van der Waals surface area contributed by atoms with E-state index in [4.69, 9.17) is 0 Å². The van der Waals surface area contributed by atoms with Gasteiger partial charge in [-0.25, -0.2) is 0 Å². The van der Waals surface area contributed by atoms with Crippen LogP contribution in [0.1, 0.15) is 0 Å². The first-order valence-electron chi connectivity index (χ1n) is 19.4. The summed E-state index contributed by atoms with van der Waals surface area (Å²) in [4.78, 5) is 0. The molecule has 11 aromatic rings. The predicted octanol–water partition coefficient (Wildman–Crippen LogP) is 15.8. The Morgan fingerprint density at radius 2 is 0.571 bits per heavy atom. The largest absolute Gasteiger partial charge is 0.0622 e. The lowest BCUT2D eigenvalue weighted by Gasteiger charge is -2.18. The van der Waals surface area contributed by atoms with E-state index in [1.54, 1.807) is 0 Å². The molecule has 0 heterocycles. The third kappa shape index (κ3) is 5.38. The van der Waals surface area contributed by atoms with Crippen molar-refractivity contribution in [2.75, 3.05) is 0 Å². The van der Waals surface area contributed by atoms with Gasteiger partial charge in [-0.1, -0.05) is 188 Å². The first kappa shape index (κ1) is 32.2. The number of rotatable bonds is 5. The second-order valence-corrected chi connectivity index (χ2v) is 14.8. The Morgan fingerprint density at radius 3 is 1.11 bits per heavy atom. The molecule has 0 saturated carbocycles. The first-order chi connectivity index (χ1) is 27.8. The number of hydrogen-bond acceptors (Lipinski definition) is 0. The molecule has 0 nitrogen and oxygen atoms in total. The molecule has 0 saturated heterocycles. The van der Waals surface area contributed by atoms with Gasteiger partial charge in [-0.3, -0.25) is 0 Å². The molecule has 0 heteroatoms. The van der Waals surface area contributed by atoms with Crippen LogP contribution in [0.3, 0.4) is 0 Å². The highest BCUT2D eigenvalue weighted by atomic mass is 14.2. The molecule has 11 aromatic carbocycles. The van der Waals surface area contributed by atoms with Crippen molar-refractivity contribution in [3.63, 3.8) is 0 Å². The van der Waals surface area contributed by atoms with Crippen LogP contribution >= 0.6 is 0 Å². The average molecular weight is 709 g/mol. The van der Waals surface area contributed by atoms with Crippen LogP contribution in [0.2, 0.25) is 0 Å². The van der Waals surface area contributed by atoms with Crippen molar-refractivity contribution in [3.05, 3.63) is 218 Å². The Morgan fingerprint density at radius 1 is 0.179 bits per heavy atom. The van der Waals surface area contributed by atoms with Gasteiger partial charge < -0.3 is 0 Å². The summed E-state index contributed by atoms with van der Waals surface area (Å²) in [7, 11) is 0. The monoisotopic (exact) mass is 708 g/mol. The van der Waals surface area contributed by atoms with Gasteiger partial charge >= 0.3 is 0 Å². The van der Waals surface area contributed by atoms with E-state index in [1.807, 2.05) is 0 Å². The molecule has 0 amide bonds. The van der Waals surface area contributed by atoms with Crippen LogP contribution in [0.25, 0.3) is 109 Å². The molecule has 0 aliphatic heterocycles. The predicted molar refractivity (Wildman–Crippen MR) is 241 cm³/mol. The molecule has 0 aliphatic rings. The van der Waals surface area contributed by atoms with Crippen LogP contribution in [0, 0.1) is 0 Å². The standard InChI is InChI=1S/C56H36/c1-2-16-39(17-3-1)55-51-22-8-10-24-53(51)56(54-25-11-9-23-52(54)55)43-31-30-40-32-42(29-28-41(40)33-43)44-34-45(49-26-12-18-37-14-4-6-20-47(37)49)36-46(35-44)50-27-13-19-38-15-5-7-21-48(38)50/h1-36H. The van der Waals surface area contributed by atoms with Crippen molar-refractivity contribution in [3.8, 4) is 55.6 Å². The first-order valence-corrected chi connectivity index (χ1v) is 19.4. The molecular weight excluding hydrogens is 673 g/mol. The second kappa shape index (κ2) is 13.2. The maximum atomic E-state index is 2.38. The van der Waals surface area contributed by atoms with Crippen molar-refractivity contribution in [2.45, 2.75) is 0 Å². The molecule has 0 aromatic heterocycles. The van der Waals surface area contributed by atoms with Gasteiger partial charge in [0.2, 0.25) is 0 Å². The van der Waals surface area contributed by atoms with Gasteiger partial charge in [-0.15, -0.1) is 0 Å². The second-order valence-electron chi connectivity index (χ2n) is 14.8. The van der Waals surface area contributed by atoms with Crippen LogP contribution < -0.4 is 0 Å². The van der Waals surface area contributed by atoms with Crippen LogP contribution in [0.15, 0.2) is 218 Å². The van der Waals surface area contributed by atoms with Gasteiger partial charge in [0.15, 0.2) is 0 Å². The van der Waals surface area contributed by atoms with Crippen LogP contribution in [0.5, 0.6) is 0 Å². The van der Waals surface area contributed by atoms with Crippen LogP contribution in [0.4, 0.5) is 0 Å². The van der Waals surface area contributed by atoms with Gasteiger partial charge in [0.25, 0.3) is 0 Å². The van der Waals surface area contributed by atoms with Crippen molar-refractivity contribution < 1.29 is 0 Å². The van der Waals surface area contributed by atoms with Crippen molar-refractivity contribution >= 4 is 53.9 Å². The molecule has 0 radical (unpaired) electrons. The minimum absolute atomic E-state index is 1.21. The number of hydrogen-bond donors (Lipinski definition) is 0. The lowest BCUT2D eigenvalue weighted by Crippen LogP contribution is -1.91. The van der Waals surface area contributed by atoms with Crippen LogP contribution in [-0.4, -0.2) is 0 Å². The Kier molecular flexibility index (Phi) is 7.60. The third-order valence-electron chi connectivity index (χ3n) is 11.6. The Bertz CT molecular complexity index is 3130. The molecule has 56 heavy (non-hydrogen) atoms. The molecule has 260 valence electrons. The van der Waals surface area contributed by atoms with Gasteiger partial charge in [-0.2, -0.15) is 0 Å².